The Morgan fingerprint density at radius 2 is 1.97 bits per heavy atom. The second-order valence-corrected chi connectivity index (χ2v) is 7.10. The van der Waals surface area contributed by atoms with Gasteiger partial charge in [-0.05, 0) is 35.3 Å². The maximum Gasteiger partial charge on any atom is 0.411 e. The molecule has 2 aromatic rings. The number of ether oxygens (including phenoxy) is 2. The first-order chi connectivity index (χ1) is 14.0. The summed E-state index contributed by atoms with van der Waals surface area (Å²) in [6.07, 6.45) is 1.94. The molecule has 1 saturated heterocycles. The fourth-order valence-electron chi connectivity index (χ4n) is 3.78. The lowest BCUT2D eigenvalue weighted by Gasteiger charge is -2.43. The molecule has 150 valence electrons. The summed E-state index contributed by atoms with van der Waals surface area (Å²) in [4.78, 5) is 25.4. The molecule has 1 N–H and O–H groups in total. The summed E-state index contributed by atoms with van der Waals surface area (Å²) in [5.41, 5.74) is 2.03. The fraction of sp³-hybridized carbons (Fsp3) is 0.273. The Balaban J connectivity index is 1.52. The number of nitrogens with zero attached hydrogens (tertiary/aromatic N) is 1. The second-order valence-electron chi connectivity index (χ2n) is 7.10. The van der Waals surface area contributed by atoms with Crippen molar-refractivity contribution >= 4 is 17.6 Å². The van der Waals surface area contributed by atoms with Crippen molar-refractivity contribution in [2.24, 2.45) is 0 Å². The number of rotatable bonds is 4. The Labute approximate surface area is 167 Å². The Bertz CT molecular complexity index is 959. The first-order valence-corrected chi connectivity index (χ1v) is 9.33. The molecule has 2 heterocycles. The lowest BCUT2D eigenvalue weighted by Crippen LogP contribution is -2.56. The fourth-order valence-corrected chi connectivity index (χ4v) is 3.78. The minimum atomic E-state index is -1.30. The van der Waals surface area contributed by atoms with Crippen molar-refractivity contribution in [3.8, 4) is 0 Å². The molecule has 0 spiro atoms. The lowest BCUT2D eigenvalue weighted by molar-refractivity contribution is -0.0342. The Hall–Kier alpha value is -3.19. The average Bonchev–Trinajstić information content (AvgIpc) is 2.71. The van der Waals surface area contributed by atoms with Crippen molar-refractivity contribution in [1.29, 1.82) is 0 Å². The van der Waals surface area contributed by atoms with Crippen LogP contribution in [0, 0.1) is 5.82 Å². The van der Waals surface area contributed by atoms with E-state index in [1.807, 2.05) is 36.4 Å². The predicted molar refractivity (Wildman–Crippen MR) is 103 cm³/mol. The number of fused-ring (bicyclic) bond motifs is 2. The predicted octanol–water partition coefficient (Wildman–Crippen LogP) is 3.72. The molecule has 0 aliphatic carbocycles. The van der Waals surface area contributed by atoms with Crippen molar-refractivity contribution in [3.63, 3.8) is 0 Å². The first-order valence-electron chi connectivity index (χ1n) is 9.33. The first kappa shape index (κ1) is 19.1. The highest BCUT2D eigenvalue weighted by atomic mass is 19.1. The molecular weight excluding hydrogens is 377 g/mol. The number of hydrogen-bond acceptors (Lipinski definition) is 4. The van der Waals surface area contributed by atoms with E-state index in [-0.39, 0.29) is 24.3 Å². The molecule has 0 saturated carbocycles. The van der Waals surface area contributed by atoms with Crippen molar-refractivity contribution < 1.29 is 28.6 Å². The van der Waals surface area contributed by atoms with Gasteiger partial charge in [-0.1, -0.05) is 42.5 Å². The monoisotopic (exact) mass is 397 g/mol. The van der Waals surface area contributed by atoms with E-state index in [2.05, 4.69) is 0 Å². The van der Waals surface area contributed by atoms with Gasteiger partial charge in [-0.2, -0.15) is 0 Å². The summed E-state index contributed by atoms with van der Waals surface area (Å²) in [5, 5.41) is 9.00. The largest absolute Gasteiger partial charge is 0.478 e. The molecule has 6 nitrogen and oxygen atoms in total. The van der Waals surface area contributed by atoms with Gasteiger partial charge < -0.3 is 14.6 Å². The molecule has 2 aliphatic heterocycles. The minimum Gasteiger partial charge on any atom is -0.478 e. The normalized spacial score (nSPS) is 20.7. The molecule has 2 aromatic carbocycles. The summed E-state index contributed by atoms with van der Waals surface area (Å²) >= 11 is 0. The number of aromatic carboxylic acids is 1. The molecule has 4 rings (SSSR count). The van der Waals surface area contributed by atoms with Crippen LogP contribution in [0.25, 0.3) is 5.57 Å². The van der Waals surface area contributed by atoms with E-state index in [1.165, 1.54) is 12.1 Å². The average molecular weight is 397 g/mol. The van der Waals surface area contributed by atoms with Gasteiger partial charge in [-0.3, -0.25) is 4.90 Å². The maximum atomic E-state index is 14.1. The highest BCUT2D eigenvalue weighted by Crippen LogP contribution is 2.33. The van der Waals surface area contributed by atoms with Crippen molar-refractivity contribution in [1.82, 2.24) is 4.90 Å². The van der Waals surface area contributed by atoms with Crippen LogP contribution in [0.4, 0.5) is 9.18 Å². The van der Waals surface area contributed by atoms with Gasteiger partial charge in [0.1, 0.15) is 12.4 Å². The van der Waals surface area contributed by atoms with Gasteiger partial charge in [0.25, 0.3) is 0 Å². The topological polar surface area (TPSA) is 76.1 Å². The molecule has 0 aromatic heterocycles. The molecule has 1 fully saturated rings. The van der Waals surface area contributed by atoms with Gasteiger partial charge >= 0.3 is 12.1 Å². The standard InChI is InChI=1S/C22H20FNO5/c23-20-10-15(6-7-19(20)21(25)26)16-8-17-12-28-13-18(9-16)24(17)22(27)29-11-14-4-2-1-3-5-14/h1-8,10,17-18H,9,11-13H2,(H,25,26). The van der Waals surface area contributed by atoms with Crippen LogP contribution in [0.5, 0.6) is 0 Å². The third kappa shape index (κ3) is 4.00. The third-order valence-electron chi connectivity index (χ3n) is 5.18. The van der Waals surface area contributed by atoms with Crippen LogP contribution in [0.2, 0.25) is 0 Å². The number of carbonyl (C=O) groups excluding carboxylic acids is 1. The highest BCUT2D eigenvalue weighted by molar-refractivity contribution is 5.88. The van der Waals surface area contributed by atoms with E-state index in [9.17, 15) is 14.0 Å². The van der Waals surface area contributed by atoms with Crippen LogP contribution >= 0.6 is 0 Å². The molecule has 2 bridgehead atoms. The number of morpholine rings is 1. The van der Waals surface area contributed by atoms with E-state index >= 15 is 0 Å². The summed E-state index contributed by atoms with van der Waals surface area (Å²) in [5.74, 6) is -2.08. The van der Waals surface area contributed by atoms with Crippen molar-refractivity contribution in [3.05, 3.63) is 77.1 Å². The number of benzene rings is 2. The zero-order valence-corrected chi connectivity index (χ0v) is 15.6. The van der Waals surface area contributed by atoms with Gasteiger partial charge in [0.15, 0.2) is 0 Å². The van der Waals surface area contributed by atoms with E-state index in [4.69, 9.17) is 14.6 Å². The van der Waals surface area contributed by atoms with Crippen LogP contribution in [-0.4, -0.2) is 47.4 Å². The van der Waals surface area contributed by atoms with Crippen LogP contribution in [0.15, 0.2) is 54.6 Å². The van der Waals surface area contributed by atoms with Crippen LogP contribution in [0.3, 0.4) is 0 Å². The SMILES string of the molecule is O=C(O)c1ccc(C2=CC3COCC(C2)N3C(=O)OCc2ccccc2)cc1F. The highest BCUT2D eigenvalue weighted by Gasteiger charge is 2.39. The van der Waals surface area contributed by atoms with E-state index < -0.39 is 17.9 Å². The summed E-state index contributed by atoms with van der Waals surface area (Å²) < 4.78 is 25.2. The Morgan fingerprint density at radius 1 is 1.17 bits per heavy atom. The Morgan fingerprint density at radius 3 is 2.66 bits per heavy atom. The van der Waals surface area contributed by atoms with E-state index in [0.717, 1.165) is 11.1 Å². The number of carboxylic acids is 1. The van der Waals surface area contributed by atoms with Crippen LogP contribution < -0.4 is 0 Å². The summed E-state index contributed by atoms with van der Waals surface area (Å²) in [7, 11) is 0. The van der Waals surface area contributed by atoms with E-state index in [0.29, 0.717) is 25.2 Å². The maximum absolute atomic E-state index is 14.1. The molecule has 1 amide bonds. The molecule has 2 unspecified atom stereocenters. The van der Waals surface area contributed by atoms with Crippen molar-refractivity contribution in [2.45, 2.75) is 25.1 Å². The van der Waals surface area contributed by atoms with Crippen LogP contribution in [0.1, 0.15) is 27.9 Å². The van der Waals surface area contributed by atoms with Gasteiger partial charge in [0.05, 0.1) is 30.9 Å². The van der Waals surface area contributed by atoms with Gasteiger partial charge in [0.2, 0.25) is 0 Å². The molecule has 2 aliphatic rings. The van der Waals surface area contributed by atoms with Gasteiger partial charge in [-0.25, -0.2) is 14.0 Å². The molecular formula is C22H20FNO5. The minimum absolute atomic E-state index is 0.189. The smallest absolute Gasteiger partial charge is 0.411 e. The second kappa shape index (κ2) is 8.05. The summed E-state index contributed by atoms with van der Waals surface area (Å²) in [6, 6.07) is 13.0. The third-order valence-corrected chi connectivity index (χ3v) is 5.18. The van der Waals surface area contributed by atoms with Gasteiger partial charge in [0, 0.05) is 0 Å². The quantitative estimate of drug-likeness (QED) is 0.851. The number of carboxylic acid groups (broad SMARTS) is 1. The van der Waals surface area contributed by atoms with Crippen molar-refractivity contribution in [2.75, 3.05) is 13.2 Å². The zero-order chi connectivity index (χ0) is 20.4. The molecule has 7 heteroatoms. The van der Waals surface area contributed by atoms with E-state index in [1.54, 1.807) is 11.0 Å². The number of carbonyl (C=O) groups is 2. The number of hydrogen-bond donors (Lipinski definition) is 1. The van der Waals surface area contributed by atoms with Gasteiger partial charge in [-0.15, -0.1) is 0 Å². The number of halogens is 1. The number of amides is 1. The summed E-state index contributed by atoms with van der Waals surface area (Å²) in [6.45, 7) is 0.884. The molecule has 0 radical (unpaired) electrons. The zero-order valence-electron chi connectivity index (χ0n) is 15.6. The molecule has 29 heavy (non-hydrogen) atoms. The lowest BCUT2D eigenvalue weighted by atomic mass is 9.89. The molecule has 2 atom stereocenters. The van der Waals surface area contributed by atoms with Crippen LogP contribution in [-0.2, 0) is 16.1 Å². The Kier molecular flexibility index (Phi) is 5.31.